The number of amides is 1. The van der Waals surface area contributed by atoms with Crippen molar-refractivity contribution < 1.29 is 9.53 Å². The van der Waals surface area contributed by atoms with Gasteiger partial charge in [-0.25, -0.2) is 0 Å². The number of nitrogens with zero attached hydrogens (tertiary/aromatic N) is 2. The van der Waals surface area contributed by atoms with Crippen LogP contribution >= 0.6 is 11.3 Å². The molecule has 3 rings (SSSR count). The lowest BCUT2D eigenvalue weighted by Crippen LogP contribution is -2.63. The van der Waals surface area contributed by atoms with Crippen molar-refractivity contribution in [3.63, 3.8) is 0 Å². The number of piperidine rings is 1. The van der Waals surface area contributed by atoms with Gasteiger partial charge in [0.25, 0.3) is 0 Å². The molecule has 1 unspecified atom stereocenters. The van der Waals surface area contributed by atoms with E-state index in [-0.39, 0.29) is 11.9 Å². The summed E-state index contributed by atoms with van der Waals surface area (Å²) in [7, 11) is 1.77. The van der Waals surface area contributed by atoms with Crippen LogP contribution in [0.1, 0.15) is 44.5 Å². The van der Waals surface area contributed by atoms with Crippen LogP contribution in [-0.4, -0.2) is 42.6 Å². The molecule has 1 fully saturated rings. The largest absolute Gasteiger partial charge is 0.375 e. The third-order valence-electron chi connectivity index (χ3n) is 5.80. The third-order valence-corrected chi connectivity index (χ3v) is 6.84. The molecule has 0 saturated carbocycles. The highest BCUT2D eigenvalue weighted by Crippen LogP contribution is 2.36. The Morgan fingerprint density at radius 1 is 1.33 bits per heavy atom. The molecule has 146 valence electrons. The number of carbonyl (C=O) groups excluding carboxylic acids is 1. The summed E-state index contributed by atoms with van der Waals surface area (Å²) in [5.41, 5.74) is 0.530. The van der Waals surface area contributed by atoms with Gasteiger partial charge < -0.3 is 9.64 Å². The molecule has 4 nitrogen and oxygen atoms in total. The minimum Gasteiger partial charge on any atom is -0.375 e. The Morgan fingerprint density at radius 3 is 2.67 bits per heavy atom. The van der Waals surface area contributed by atoms with Crippen molar-refractivity contribution in [3.05, 3.63) is 52.7 Å². The summed E-state index contributed by atoms with van der Waals surface area (Å²) < 4.78 is 6.05. The van der Waals surface area contributed by atoms with E-state index in [1.54, 1.807) is 18.4 Å². The molecule has 1 aliphatic heterocycles. The van der Waals surface area contributed by atoms with Gasteiger partial charge in [0.2, 0.25) is 5.91 Å². The summed E-state index contributed by atoms with van der Waals surface area (Å²) in [5.74, 6) is 0.147. The van der Waals surface area contributed by atoms with Crippen molar-refractivity contribution in [1.82, 2.24) is 4.90 Å². The molecule has 5 heteroatoms. The molecule has 2 heterocycles. The fourth-order valence-corrected chi connectivity index (χ4v) is 4.90. The van der Waals surface area contributed by atoms with Crippen LogP contribution in [0, 0.1) is 0 Å². The Balaban J connectivity index is 1.88. The Morgan fingerprint density at radius 2 is 2.07 bits per heavy atom. The highest BCUT2D eigenvalue weighted by molar-refractivity contribution is 7.10. The quantitative estimate of drug-likeness (QED) is 0.719. The SMILES string of the molecule is CCC(=O)N(c1ccccc1)[C@H]1CCN(C(C)c2cccs2)C[C@@]1(C)OC. The number of ether oxygens (including phenoxy) is 1. The smallest absolute Gasteiger partial charge is 0.227 e. The number of methoxy groups -OCH3 is 1. The summed E-state index contributed by atoms with van der Waals surface area (Å²) in [4.78, 5) is 18.7. The number of benzene rings is 1. The highest BCUT2D eigenvalue weighted by atomic mass is 32.1. The number of thiophene rings is 1. The molecule has 0 radical (unpaired) electrons. The van der Waals surface area contributed by atoms with E-state index >= 15 is 0 Å². The molecule has 27 heavy (non-hydrogen) atoms. The Hall–Kier alpha value is -1.69. The monoisotopic (exact) mass is 386 g/mol. The van der Waals surface area contributed by atoms with Crippen LogP contribution in [0.5, 0.6) is 0 Å². The number of carbonyl (C=O) groups is 1. The lowest BCUT2D eigenvalue weighted by Gasteiger charge is -2.50. The first-order chi connectivity index (χ1) is 13.0. The van der Waals surface area contributed by atoms with E-state index in [9.17, 15) is 4.79 Å². The topological polar surface area (TPSA) is 32.8 Å². The van der Waals surface area contributed by atoms with Gasteiger partial charge >= 0.3 is 0 Å². The normalized spacial score (nSPS) is 24.5. The van der Waals surface area contributed by atoms with Crippen molar-refractivity contribution in [2.24, 2.45) is 0 Å². The van der Waals surface area contributed by atoms with Gasteiger partial charge in [0.15, 0.2) is 0 Å². The number of rotatable bonds is 6. The lowest BCUT2D eigenvalue weighted by atomic mass is 9.86. The van der Waals surface area contributed by atoms with Crippen molar-refractivity contribution in [3.8, 4) is 0 Å². The molecular formula is C22H30N2O2S. The second-order valence-electron chi connectivity index (χ2n) is 7.44. The van der Waals surface area contributed by atoms with Crippen LogP contribution in [0.25, 0.3) is 0 Å². The Kier molecular flexibility index (Phi) is 6.35. The maximum atomic E-state index is 12.9. The first kappa shape index (κ1) is 20.1. The van der Waals surface area contributed by atoms with E-state index in [0.29, 0.717) is 12.5 Å². The van der Waals surface area contributed by atoms with Crippen LogP contribution in [0.3, 0.4) is 0 Å². The van der Waals surface area contributed by atoms with Gasteiger partial charge in [-0.1, -0.05) is 31.2 Å². The second kappa shape index (κ2) is 8.55. The summed E-state index contributed by atoms with van der Waals surface area (Å²) in [6, 6.07) is 14.7. The maximum Gasteiger partial charge on any atom is 0.227 e. The number of para-hydroxylation sites is 1. The van der Waals surface area contributed by atoms with E-state index in [1.807, 2.05) is 42.2 Å². The van der Waals surface area contributed by atoms with Crippen LogP contribution < -0.4 is 4.90 Å². The average Bonchev–Trinajstić information content (AvgIpc) is 3.24. The van der Waals surface area contributed by atoms with Gasteiger partial charge in [0, 0.05) is 43.2 Å². The molecule has 1 aromatic carbocycles. The third kappa shape index (κ3) is 4.10. The Bertz CT molecular complexity index is 734. The molecule has 3 atom stereocenters. The summed E-state index contributed by atoms with van der Waals surface area (Å²) >= 11 is 1.80. The highest BCUT2D eigenvalue weighted by Gasteiger charge is 2.45. The van der Waals surface area contributed by atoms with Gasteiger partial charge in [-0.2, -0.15) is 0 Å². The molecule has 1 aromatic heterocycles. The van der Waals surface area contributed by atoms with Crippen LogP contribution in [-0.2, 0) is 9.53 Å². The number of hydrogen-bond acceptors (Lipinski definition) is 4. The molecule has 0 N–H and O–H groups in total. The minimum atomic E-state index is -0.426. The van der Waals surface area contributed by atoms with Gasteiger partial charge in [0.05, 0.1) is 11.6 Å². The van der Waals surface area contributed by atoms with E-state index in [1.165, 1.54) is 4.88 Å². The molecule has 1 aliphatic rings. The maximum absolute atomic E-state index is 12.9. The van der Waals surface area contributed by atoms with Crippen LogP contribution in [0.2, 0.25) is 0 Å². The molecular weight excluding hydrogens is 356 g/mol. The van der Waals surface area contributed by atoms with Crippen molar-refractivity contribution in [1.29, 1.82) is 0 Å². The Labute approximate surface area is 166 Å². The zero-order chi connectivity index (χ0) is 19.4. The van der Waals surface area contributed by atoms with E-state index < -0.39 is 5.60 Å². The van der Waals surface area contributed by atoms with Crippen molar-refractivity contribution >= 4 is 22.9 Å². The first-order valence-electron chi connectivity index (χ1n) is 9.70. The molecule has 1 amide bonds. The fraction of sp³-hybridized carbons (Fsp3) is 0.500. The molecule has 1 saturated heterocycles. The average molecular weight is 387 g/mol. The predicted octanol–water partition coefficient (Wildman–Crippen LogP) is 4.73. The van der Waals surface area contributed by atoms with Gasteiger partial charge in [-0.15, -0.1) is 11.3 Å². The minimum absolute atomic E-state index is 0.0177. The van der Waals surface area contributed by atoms with E-state index in [4.69, 9.17) is 4.74 Å². The molecule has 2 aromatic rings. The number of likely N-dealkylation sites (tertiary alicyclic amines) is 1. The van der Waals surface area contributed by atoms with Crippen molar-refractivity contribution in [2.75, 3.05) is 25.1 Å². The zero-order valence-corrected chi connectivity index (χ0v) is 17.5. The summed E-state index contributed by atoms with van der Waals surface area (Å²) in [6.45, 7) is 8.07. The number of hydrogen-bond donors (Lipinski definition) is 0. The second-order valence-corrected chi connectivity index (χ2v) is 8.42. The molecule has 0 aliphatic carbocycles. The van der Waals surface area contributed by atoms with Crippen molar-refractivity contribution in [2.45, 2.75) is 51.3 Å². The van der Waals surface area contributed by atoms with Gasteiger partial charge in [-0.05, 0) is 43.8 Å². The van der Waals surface area contributed by atoms with Crippen LogP contribution in [0.15, 0.2) is 47.8 Å². The fourth-order valence-electron chi connectivity index (χ4n) is 4.08. The molecule has 0 spiro atoms. The summed E-state index contributed by atoms with van der Waals surface area (Å²) in [5, 5.41) is 2.13. The first-order valence-corrected chi connectivity index (χ1v) is 10.6. The molecule has 0 bridgehead atoms. The standard InChI is InChI=1S/C22H30N2O2S/c1-5-21(25)24(18-10-7-6-8-11-18)20-13-14-23(16-22(20,3)26-4)17(2)19-12-9-15-27-19/h6-12,15,17,20H,5,13-14,16H2,1-4H3/t17?,20-,22+/m0/s1. The predicted molar refractivity (Wildman–Crippen MR) is 112 cm³/mol. The van der Waals surface area contributed by atoms with E-state index in [0.717, 1.165) is 25.2 Å². The van der Waals surface area contributed by atoms with Crippen LogP contribution in [0.4, 0.5) is 5.69 Å². The van der Waals surface area contributed by atoms with E-state index in [2.05, 4.69) is 36.3 Å². The summed E-state index contributed by atoms with van der Waals surface area (Å²) in [6.07, 6.45) is 1.38. The van der Waals surface area contributed by atoms with Gasteiger partial charge in [0.1, 0.15) is 0 Å². The van der Waals surface area contributed by atoms with Gasteiger partial charge in [-0.3, -0.25) is 9.69 Å². The zero-order valence-electron chi connectivity index (χ0n) is 16.7. The number of anilines is 1. The lowest BCUT2D eigenvalue weighted by molar-refractivity contribution is -0.123.